The second-order valence-corrected chi connectivity index (χ2v) is 4.41. The number of fused-ring (bicyclic) bond motifs is 1. The number of hydrogen-bond donors (Lipinski definition) is 1. The average Bonchev–Trinajstić information content (AvgIpc) is 2.84. The van der Waals surface area contributed by atoms with Crippen LogP contribution in [0, 0.1) is 0 Å². The van der Waals surface area contributed by atoms with Crippen LogP contribution in [0.25, 0.3) is 5.52 Å². The molecular weight excluding hydrogens is 231 g/mol. The molecule has 0 aliphatic heterocycles. The lowest BCUT2D eigenvalue weighted by Gasteiger charge is -2.12. The molecule has 1 aliphatic rings. The van der Waals surface area contributed by atoms with Crippen LogP contribution in [0.15, 0.2) is 24.5 Å². The second kappa shape index (κ2) is 3.01. The van der Waals surface area contributed by atoms with Gasteiger partial charge < -0.3 is 5.73 Å². The van der Waals surface area contributed by atoms with E-state index in [9.17, 15) is 13.2 Å². The Bertz CT molecular complexity index is 581. The van der Waals surface area contributed by atoms with Crippen molar-refractivity contribution in [3.8, 4) is 0 Å². The van der Waals surface area contributed by atoms with Gasteiger partial charge in [0.05, 0.1) is 11.7 Å². The number of imidazole rings is 1. The summed E-state index contributed by atoms with van der Waals surface area (Å²) in [6.07, 6.45) is -0.236. The third-order valence-electron chi connectivity index (χ3n) is 3.15. The van der Waals surface area contributed by atoms with Gasteiger partial charge in [0.15, 0.2) is 0 Å². The van der Waals surface area contributed by atoms with E-state index in [1.807, 2.05) is 0 Å². The fraction of sp³-hybridized carbons (Fsp3) is 0.364. The smallest absolute Gasteiger partial charge is 0.321 e. The maximum Gasteiger partial charge on any atom is 0.450 e. The average molecular weight is 241 g/mol. The van der Waals surface area contributed by atoms with Gasteiger partial charge in [0.25, 0.3) is 0 Å². The number of rotatable bonds is 1. The third kappa shape index (κ3) is 1.51. The number of aromatic nitrogens is 2. The minimum Gasteiger partial charge on any atom is -0.321 e. The first kappa shape index (κ1) is 10.6. The van der Waals surface area contributed by atoms with Crippen LogP contribution in [-0.2, 0) is 11.7 Å². The summed E-state index contributed by atoms with van der Waals surface area (Å²) >= 11 is 0. The molecule has 2 aromatic rings. The summed E-state index contributed by atoms with van der Waals surface area (Å²) in [5.41, 5.74) is 6.75. The van der Waals surface area contributed by atoms with E-state index in [0.29, 0.717) is 5.52 Å². The molecule has 17 heavy (non-hydrogen) atoms. The second-order valence-electron chi connectivity index (χ2n) is 4.41. The van der Waals surface area contributed by atoms with E-state index in [1.54, 1.807) is 12.1 Å². The van der Waals surface area contributed by atoms with Gasteiger partial charge in [-0.3, -0.25) is 4.40 Å². The molecule has 2 heterocycles. The lowest BCUT2D eigenvalue weighted by atomic mass is 10.1. The van der Waals surface area contributed by atoms with Crippen molar-refractivity contribution < 1.29 is 13.2 Å². The van der Waals surface area contributed by atoms with Crippen molar-refractivity contribution in [3.63, 3.8) is 0 Å². The summed E-state index contributed by atoms with van der Waals surface area (Å²) in [6.45, 7) is 0. The van der Waals surface area contributed by atoms with E-state index < -0.39 is 17.5 Å². The van der Waals surface area contributed by atoms with Gasteiger partial charge in [-0.1, -0.05) is 6.07 Å². The maximum atomic E-state index is 12.7. The van der Waals surface area contributed by atoms with Crippen LogP contribution in [-0.4, -0.2) is 9.38 Å². The molecule has 1 saturated carbocycles. The quantitative estimate of drug-likeness (QED) is 0.832. The van der Waals surface area contributed by atoms with E-state index in [4.69, 9.17) is 5.73 Å². The summed E-state index contributed by atoms with van der Waals surface area (Å²) in [7, 11) is 0. The van der Waals surface area contributed by atoms with Crippen LogP contribution in [0.3, 0.4) is 0 Å². The highest BCUT2D eigenvalue weighted by atomic mass is 19.4. The molecular formula is C11H10F3N3. The van der Waals surface area contributed by atoms with Crippen molar-refractivity contribution in [1.82, 2.24) is 9.38 Å². The first-order chi connectivity index (χ1) is 7.92. The Morgan fingerprint density at radius 2 is 2.06 bits per heavy atom. The molecule has 0 radical (unpaired) electrons. The Balaban J connectivity index is 2.26. The zero-order valence-corrected chi connectivity index (χ0v) is 8.83. The van der Waals surface area contributed by atoms with Crippen molar-refractivity contribution in [1.29, 1.82) is 0 Å². The molecule has 90 valence electrons. The van der Waals surface area contributed by atoms with Crippen molar-refractivity contribution >= 4 is 5.52 Å². The fourth-order valence-corrected chi connectivity index (χ4v) is 2.06. The van der Waals surface area contributed by atoms with E-state index in [0.717, 1.165) is 22.8 Å². The minimum absolute atomic E-state index is 0.444. The van der Waals surface area contributed by atoms with E-state index >= 15 is 0 Å². The first-order valence-corrected chi connectivity index (χ1v) is 5.24. The van der Waals surface area contributed by atoms with Gasteiger partial charge in [-0.2, -0.15) is 13.2 Å². The molecule has 1 aliphatic carbocycles. The Morgan fingerprint density at radius 3 is 2.65 bits per heavy atom. The molecule has 6 heteroatoms. The van der Waals surface area contributed by atoms with Crippen LogP contribution in [0.4, 0.5) is 13.2 Å². The van der Waals surface area contributed by atoms with Crippen LogP contribution in [0.5, 0.6) is 0 Å². The van der Waals surface area contributed by atoms with Gasteiger partial charge >= 0.3 is 6.18 Å². The van der Waals surface area contributed by atoms with Crippen LogP contribution >= 0.6 is 0 Å². The third-order valence-corrected chi connectivity index (χ3v) is 3.15. The highest BCUT2D eigenvalue weighted by Gasteiger charge is 2.43. The highest BCUT2D eigenvalue weighted by Crippen LogP contribution is 2.44. The molecule has 2 N–H and O–H groups in total. The summed E-state index contributed by atoms with van der Waals surface area (Å²) in [6, 6.07) is 3.34. The van der Waals surface area contributed by atoms with E-state index in [1.165, 1.54) is 12.4 Å². The zero-order chi connectivity index (χ0) is 12.3. The van der Waals surface area contributed by atoms with E-state index in [2.05, 4.69) is 4.98 Å². The highest BCUT2D eigenvalue weighted by molar-refractivity contribution is 5.59. The van der Waals surface area contributed by atoms with Gasteiger partial charge in [-0.25, -0.2) is 4.98 Å². The van der Waals surface area contributed by atoms with Gasteiger partial charge in [0, 0.05) is 11.7 Å². The molecule has 1 fully saturated rings. The summed E-state index contributed by atoms with van der Waals surface area (Å²) in [5.74, 6) is -0.904. The SMILES string of the molecule is NC1(c2cccn3c(C(F)(F)F)ncc23)CC1. The van der Waals surface area contributed by atoms with Crippen LogP contribution < -0.4 is 5.73 Å². The number of alkyl halides is 3. The molecule has 0 saturated heterocycles. The Kier molecular flexibility index (Phi) is 1.87. The number of pyridine rings is 1. The molecule has 0 spiro atoms. The molecule has 0 unspecified atom stereocenters. The van der Waals surface area contributed by atoms with Crippen LogP contribution in [0.2, 0.25) is 0 Å². The number of halogens is 3. The van der Waals surface area contributed by atoms with Crippen LogP contribution in [0.1, 0.15) is 24.2 Å². The van der Waals surface area contributed by atoms with E-state index in [-0.39, 0.29) is 0 Å². The van der Waals surface area contributed by atoms with Gasteiger partial charge in [0.2, 0.25) is 5.82 Å². The molecule has 3 nitrogen and oxygen atoms in total. The molecule has 0 aromatic carbocycles. The number of nitrogens with zero attached hydrogens (tertiary/aromatic N) is 2. The molecule has 3 rings (SSSR count). The molecule has 2 aromatic heterocycles. The lowest BCUT2D eigenvalue weighted by molar-refractivity contribution is -0.145. The predicted octanol–water partition coefficient (Wildman–Crippen LogP) is 2.30. The monoisotopic (exact) mass is 241 g/mol. The molecule has 0 amide bonds. The number of hydrogen-bond acceptors (Lipinski definition) is 2. The Morgan fingerprint density at radius 1 is 1.35 bits per heavy atom. The van der Waals surface area contributed by atoms with Crippen molar-refractivity contribution in [3.05, 3.63) is 35.9 Å². The normalized spacial score (nSPS) is 18.6. The fourth-order valence-electron chi connectivity index (χ4n) is 2.06. The Labute approximate surface area is 95.1 Å². The zero-order valence-electron chi connectivity index (χ0n) is 8.83. The summed E-state index contributed by atoms with van der Waals surface area (Å²) in [5, 5.41) is 0. The summed E-state index contributed by atoms with van der Waals surface area (Å²) in [4.78, 5) is 3.45. The largest absolute Gasteiger partial charge is 0.450 e. The van der Waals surface area contributed by atoms with Crippen molar-refractivity contribution in [2.75, 3.05) is 0 Å². The lowest BCUT2D eigenvalue weighted by Crippen LogP contribution is -2.20. The van der Waals surface area contributed by atoms with Crippen molar-refractivity contribution in [2.45, 2.75) is 24.6 Å². The summed E-state index contributed by atoms with van der Waals surface area (Å²) < 4.78 is 39.1. The number of nitrogens with two attached hydrogens (primary N) is 1. The molecule has 0 bridgehead atoms. The van der Waals surface area contributed by atoms with Gasteiger partial charge in [-0.15, -0.1) is 0 Å². The first-order valence-electron chi connectivity index (χ1n) is 5.24. The minimum atomic E-state index is -4.45. The maximum absolute atomic E-state index is 12.7. The van der Waals surface area contributed by atoms with Crippen molar-refractivity contribution in [2.24, 2.45) is 5.73 Å². The molecule has 0 atom stereocenters. The van der Waals surface area contributed by atoms with Gasteiger partial charge in [-0.05, 0) is 24.5 Å². The predicted molar refractivity (Wildman–Crippen MR) is 55.3 cm³/mol. The standard InChI is InChI=1S/C11H10F3N3/c12-11(13,14)9-16-6-8-7(10(15)3-4-10)2-1-5-17(8)9/h1-2,5-6H,3-4,15H2. The van der Waals surface area contributed by atoms with Gasteiger partial charge in [0.1, 0.15) is 0 Å². The Hall–Kier alpha value is -1.56. The topological polar surface area (TPSA) is 43.3 Å².